The van der Waals surface area contributed by atoms with E-state index in [4.69, 9.17) is 27.9 Å². The number of hydrogen-bond acceptors (Lipinski definition) is 3. The average molecular weight is 485 g/mol. The molecule has 0 spiro atoms. The first-order valence-electron chi connectivity index (χ1n) is 8.74. The molecule has 0 fully saturated rings. The highest BCUT2D eigenvalue weighted by Crippen LogP contribution is 2.35. The Morgan fingerprint density at radius 1 is 0.793 bits per heavy atom. The third kappa shape index (κ3) is 3.46. The van der Waals surface area contributed by atoms with Crippen LogP contribution in [0.3, 0.4) is 0 Å². The van der Waals surface area contributed by atoms with E-state index in [1.165, 1.54) is 0 Å². The minimum absolute atomic E-state index is 0.279. The van der Waals surface area contributed by atoms with Crippen molar-refractivity contribution in [3.63, 3.8) is 0 Å². The first-order valence-corrected chi connectivity index (χ1v) is 10.3. The molecule has 0 atom stereocenters. The second kappa shape index (κ2) is 7.34. The second-order valence-electron chi connectivity index (χ2n) is 6.41. The van der Waals surface area contributed by atoms with Gasteiger partial charge in [-0.2, -0.15) is 0 Å². The molecule has 3 heterocycles. The summed E-state index contributed by atoms with van der Waals surface area (Å²) in [7, 11) is 0. The minimum atomic E-state index is 0.279. The molecule has 5 rings (SSSR count). The number of halogens is 3. The van der Waals surface area contributed by atoms with Crippen LogP contribution in [0, 0.1) is 0 Å². The molecule has 0 radical (unpaired) electrons. The zero-order chi connectivity index (χ0) is 20.0. The van der Waals surface area contributed by atoms with Crippen LogP contribution in [-0.4, -0.2) is 14.5 Å². The Morgan fingerprint density at radius 2 is 1.55 bits per heavy atom. The maximum absolute atomic E-state index is 6.01. The monoisotopic (exact) mass is 483 g/mol. The van der Waals surface area contributed by atoms with Crippen LogP contribution in [0.2, 0.25) is 10.3 Å². The lowest BCUT2D eigenvalue weighted by molar-refractivity contribution is 0.482. The molecular formula is C22H12BrCl2N3O. The summed E-state index contributed by atoms with van der Waals surface area (Å²) in [5.74, 6) is 2.00. The van der Waals surface area contributed by atoms with Gasteiger partial charge in [0, 0.05) is 39.6 Å². The van der Waals surface area contributed by atoms with Crippen LogP contribution in [0.15, 0.2) is 77.4 Å². The molecule has 0 saturated carbocycles. The minimum Gasteiger partial charge on any atom is -0.457 e. The lowest BCUT2D eigenvalue weighted by Gasteiger charge is -2.09. The number of fused-ring (bicyclic) bond motifs is 3. The summed E-state index contributed by atoms with van der Waals surface area (Å²) in [6.07, 6.45) is 1.78. The standard InChI is InChI=1S/C22H12BrCl2N3O/c23-13-7-8-26-22(9-13)28-18-4-2-1-3-16(18)17-6-5-14(10-19(17)28)29-15-11-20(24)27-21(25)12-15/h1-12H. The van der Waals surface area contributed by atoms with E-state index in [-0.39, 0.29) is 10.3 Å². The molecule has 0 aliphatic carbocycles. The Balaban J connectivity index is 1.72. The van der Waals surface area contributed by atoms with Crippen molar-refractivity contribution >= 4 is 60.9 Å². The molecule has 0 bridgehead atoms. The highest BCUT2D eigenvalue weighted by molar-refractivity contribution is 9.10. The van der Waals surface area contributed by atoms with Gasteiger partial charge in [-0.3, -0.25) is 4.57 Å². The SMILES string of the molecule is Clc1cc(Oc2ccc3c4ccccc4n(-c4cc(Br)ccn4)c3c2)cc(Cl)n1. The summed E-state index contributed by atoms with van der Waals surface area (Å²) >= 11 is 15.5. The number of aromatic nitrogens is 3. The van der Waals surface area contributed by atoms with Gasteiger partial charge in [0.15, 0.2) is 0 Å². The third-order valence-electron chi connectivity index (χ3n) is 4.55. The second-order valence-corrected chi connectivity index (χ2v) is 8.10. The van der Waals surface area contributed by atoms with Gasteiger partial charge in [0.05, 0.1) is 11.0 Å². The van der Waals surface area contributed by atoms with Crippen LogP contribution in [0.1, 0.15) is 0 Å². The lowest BCUT2D eigenvalue weighted by Crippen LogP contribution is -1.97. The lowest BCUT2D eigenvalue weighted by atomic mass is 10.1. The molecule has 142 valence electrons. The molecule has 0 aliphatic rings. The number of para-hydroxylation sites is 1. The molecule has 7 heteroatoms. The largest absolute Gasteiger partial charge is 0.457 e. The van der Waals surface area contributed by atoms with Gasteiger partial charge in [-0.1, -0.05) is 57.3 Å². The summed E-state index contributed by atoms with van der Waals surface area (Å²) in [4.78, 5) is 8.52. The fourth-order valence-corrected chi connectivity index (χ4v) is 4.18. The van der Waals surface area contributed by atoms with E-state index < -0.39 is 0 Å². The van der Waals surface area contributed by atoms with Crippen LogP contribution < -0.4 is 4.74 Å². The maximum atomic E-state index is 6.01. The summed E-state index contributed by atoms with van der Waals surface area (Å²) < 4.78 is 9.09. The van der Waals surface area contributed by atoms with E-state index >= 15 is 0 Å². The molecule has 0 N–H and O–H groups in total. The maximum Gasteiger partial charge on any atom is 0.138 e. The summed E-state index contributed by atoms with van der Waals surface area (Å²) in [5, 5.41) is 2.81. The van der Waals surface area contributed by atoms with Crippen molar-refractivity contribution in [3.05, 3.63) is 87.7 Å². The molecular weight excluding hydrogens is 473 g/mol. The Morgan fingerprint density at radius 3 is 2.34 bits per heavy atom. The Kier molecular flexibility index (Phi) is 4.66. The van der Waals surface area contributed by atoms with E-state index in [1.54, 1.807) is 18.3 Å². The van der Waals surface area contributed by atoms with Gasteiger partial charge in [-0.05, 0) is 30.3 Å². The highest BCUT2D eigenvalue weighted by Gasteiger charge is 2.14. The zero-order valence-electron chi connectivity index (χ0n) is 14.8. The molecule has 0 unspecified atom stereocenters. The van der Waals surface area contributed by atoms with Gasteiger partial charge >= 0.3 is 0 Å². The first kappa shape index (κ1) is 18.4. The van der Waals surface area contributed by atoms with E-state index in [1.807, 2.05) is 42.5 Å². The summed E-state index contributed by atoms with van der Waals surface area (Å²) in [5.41, 5.74) is 2.06. The van der Waals surface area contributed by atoms with E-state index in [0.717, 1.165) is 32.1 Å². The smallest absolute Gasteiger partial charge is 0.138 e. The predicted molar refractivity (Wildman–Crippen MR) is 121 cm³/mol. The summed E-state index contributed by atoms with van der Waals surface area (Å²) in [6, 6.07) is 21.4. The van der Waals surface area contributed by atoms with Crippen molar-refractivity contribution in [1.82, 2.24) is 14.5 Å². The number of nitrogens with zero attached hydrogens (tertiary/aromatic N) is 3. The van der Waals surface area contributed by atoms with Gasteiger partial charge in [0.1, 0.15) is 27.6 Å². The first-order chi connectivity index (χ1) is 14.1. The molecule has 5 aromatic rings. The van der Waals surface area contributed by atoms with E-state index in [2.05, 4.69) is 42.6 Å². The normalized spacial score (nSPS) is 11.3. The molecule has 4 nitrogen and oxygen atoms in total. The number of hydrogen-bond donors (Lipinski definition) is 0. The fourth-order valence-electron chi connectivity index (χ4n) is 3.41. The average Bonchev–Trinajstić information content (AvgIpc) is 3.01. The van der Waals surface area contributed by atoms with Gasteiger partial charge in [-0.15, -0.1) is 0 Å². The van der Waals surface area contributed by atoms with Crippen LogP contribution in [0.25, 0.3) is 27.6 Å². The van der Waals surface area contributed by atoms with E-state index in [9.17, 15) is 0 Å². The highest BCUT2D eigenvalue weighted by atomic mass is 79.9. The van der Waals surface area contributed by atoms with E-state index in [0.29, 0.717) is 11.5 Å². The zero-order valence-corrected chi connectivity index (χ0v) is 17.9. The number of pyridine rings is 2. The van der Waals surface area contributed by atoms with Crippen molar-refractivity contribution < 1.29 is 4.74 Å². The van der Waals surface area contributed by atoms with Crippen molar-refractivity contribution in [2.45, 2.75) is 0 Å². The van der Waals surface area contributed by atoms with Crippen molar-refractivity contribution in [2.24, 2.45) is 0 Å². The molecule has 2 aromatic carbocycles. The number of rotatable bonds is 3. The molecule has 0 saturated heterocycles. The van der Waals surface area contributed by atoms with Gasteiger partial charge < -0.3 is 4.74 Å². The molecule has 0 amide bonds. The van der Waals surface area contributed by atoms with Crippen LogP contribution in [-0.2, 0) is 0 Å². The van der Waals surface area contributed by atoms with Crippen LogP contribution >= 0.6 is 39.1 Å². The molecule has 29 heavy (non-hydrogen) atoms. The topological polar surface area (TPSA) is 39.9 Å². The Bertz CT molecular complexity index is 1360. The molecule has 3 aromatic heterocycles. The third-order valence-corrected chi connectivity index (χ3v) is 5.43. The van der Waals surface area contributed by atoms with Crippen molar-refractivity contribution in [3.8, 4) is 17.3 Å². The molecule has 0 aliphatic heterocycles. The number of benzene rings is 2. The Labute approximate surface area is 184 Å². The van der Waals surface area contributed by atoms with Gasteiger partial charge in [-0.25, -0.2) is 9.97 Å². The Hall–Kier alpha value is -2.60. The number of ether oxygens (including phenoxy) is 1. The fraction of sp³-hybridized carbons (Fsp3) is 0. The van der Waals surface area contributed by atoms with Crippen LogP contribution in [0.5, 0.6) is 11.5 Å². The van der Waals surface area contributed by atoms with Crippen LogP contribution in [0.4, 0.5) is 0 Å². The predicted octanol–water partition coefficient (Wildman–Crippen LogP) is 7.44. The van der Waals surface area contributed by atoms with Crippen molar-refractivity contribution in [1.29, 1.82) is 0 Å². The van der Waals surface area contributed by atoms with Crippen molar-refractivity contribution in [2.75, 3.05) is 0 Å². The van der Waals surface area contributed by atoms with Gasteiger partial charge in [0.2, 0.25) is 0 Å². The summed E-state index contributed by atoms with van der Waals surface area (Å²) in [6.45, 7) is 0. The quantitative estimate of drug-likeness (QED) is 0.250. The van der Waals surface area contributed by atoms with Gasteiger partial charge in [0.25, 0.3) is 0 Å².